The molecule has 0 radical (unpaired) electrons. The number of nitrogen functional groups attached to an aromatic ring is 1. The van der Waals surface area contributed by atoms with Crippen LogP contribution in [0.15, 0.2) is 22.7 Å². The number of nitrogens with two attached hydrogens (primary N) is 1. The first-order valence-electron chi connectivity index (χ1n) is 5.03. The third-order valence-corrected chi connectivity index (χ3v) is 2.66. The van der Waals surface area contributed by atoms with Gasteiger partial charge >= 0.3 is 5.97 Å². The van der Waals surface area contributed by atoms with Gasteiger partial charge in [0.1, 0.15) is 0 Å². The Bertz CT molecular complexity index is 435. The highest BCUT2D eigenvalue weighted by molar-refractivity contribution is 9.10. The molecule has 1 rings (SSSR count). The molecule has 0 aliphatic rings. The van der Waals surface area contributed by atoms with Gasteiger partial charge in [-0.15, -0.1) is 0 Å². The fourth-order valence-corrected chi connectivity index (χ4v) is 1.38. The third-order valence-electron chi connectivity index (χ3n) is 1.94. The van der Waals surface area contributed by atoms with Gasteiger partial charge in [-0.05, 0) is 41.1 Å². The van der Waals surface area contributed by atoms with Crippen molar-refractivity contribution < 1.29 is 14.3 Å². The van der Waals surface area contributed by atoms with Crippen LogP contribution in [-0.4, -0.2) is 25.0 Å². The SMILES string of the molecule is CCNC(=O)COC(=O)c1ccc(Br)c(N)c1. The molecular formula is C11H13BrN2O3. The van der Waals surface area contributed by atoms with E-state index in [4.69, 9.17) is 10.5 Å². The second-order valence-electron chi connectivity index (χ2n) is 3.27. The molecule has 0 aliphatic heterocycles. The largest absolute Gasteiger partial charge is 0.452 e. The number of halogens is 1. The minimum atomic E-state index is -0.574. The Morgan fingerprint density at radius 2 is 2.18 bits per heavy atom. The third kappa shape index (κ3) is 4.07. The summed E-state index contributed by atoms with van der Waals surface area (Å²) in [6.45, 7) is 2.00. The quantitative estimate of drug-likeness (QED) is 0.649. The van der Waals surface area contributed by atoms with Gasteiger partial charge in [0.25, 0.3) is 5.91 Å². The van der Waals surface area contributed by atoms with E-state index in [-0.39, 0.29) is 12.5 Å². The molecule has 0 saturated carbocycles. The average molecular weight is 301 g/mol. The second-order valence-corrected chi connectivity index (χ2v) is 4.12. The lowest BCUT2D eigenvalue weighted by molar-refractivity contribution is -0.124. The van der Waals surface area contributed by atoms with Crippen molar-refractivity contribution in [1.82, 2.24) is 5.32 Å². The van der Waals surface area contributed by atoms with Crippen molar-refractivity contribution in [1.29, 1.82) is 0 Å². The van der Waals surface area contributed by atoms with E-state index >= 15 is 0 Å². The highest BCUT2D eigenvalue weighted by atomic mass is 79.9. The molecule has 1 amide bonds. The summed E-state index contributed by atoms with van der Waals surface area (Å²) in [5.41, 5.74) is 6.39. The summed E-state index contributed by atoms with van der Waals surface area (Å²) in [5, 5.41) is 2.52. The van der Waals surface area contributed by atoms with Crippen molar-refractivity contribution >= 4 is 33.5 Å². The maximum Gasteiger partial charge on any atom is 0.338 e. The Kier molecular flexibility index (Phi) is 4.96. The molecule has 17 heavy (non-hydrogen) atoms. The van der Waals surface area contributed by atoms with E-state index in [1.807, 2.05) is 0 Å². The molecule has 1 aromatic carbocycles. The number of carbonyl (C=O) groups excluding carboxylic acids is 2. The number of likely N-dealkylation sites (N-methyl/N-ethyl adjacent to an activating group) is 1. The van der Waals surface area contributed by atoms with Crippen LogP contribution >= 0.6 is 15.9 Å². The molecule has 1 aromatic rings. The van der Waals surface area contributed by atoms with Crippen LogP contribution in [0.3, 0.4) is 0 Å². The topological polar surface area (TPSA) is 81.4 Å². The number of amides is 1. The van der Waals surface area contributed by atoms with Crippen molar-refractivity contribution in [3.05, 3.63) is 28.2 Å². The number of esters is 1. The highest BCUT2D eigenvalue weighted by Gasteiger charge is 2.10. The Morgan fingerprint density at radius 3 is 2.76 bits per heavy atom. The zero-order chi connectivity index (χ0) is 12.8. The summed E-state index contributed by atoms with van der Waals surface area (Å²) in [6, 6.07) is 4.71. The van der Waals surface area contributed by atoms with Crippen LogP contribution < -0.4 is 11.1 Å². The molecule has 92 valence electrons. The van der Waals surface area contributed by atoms with E-state index in [0.717, 1.165) is 0 Å². The lowest BCUT2D eigenvalue weighted by Gasteiger charge is -2.06. The summed E-state index contributed by atoms with van der Waals surface area (Å²) in [4.78, 5) is 22.6. The minimum absolute atomic E-state index is 0.289. The van der Waals surface area contributed by atoms with Crippen molar-refractivity contribution in [3.8, 4) is 0 Å². The standard InChI is InChI=1S/C11H13BrN2O3/c1-2-14-10(15)6-17-11(16)7-3-4-8(12)9(13)5-7/h3-5H,2,6,13H2,1H3,(H,14,15). The molecule has 0 aromatic heterocycles. The Hall–Kier alpha value is -1.56. The van der Waals surface area contributed by atoms with Gasteiger partial charge < -0.3 is 15.8 Å². The number of carbonyl (C=O) groups is 2. The number of anilines is 1. The van der Waals surface area contributed by atoms with Gasteiger partial charge in [-0.1, -0.05) is 0 Å². The molecule has 0 heterocycles. The molecule has 0 aliphatic carbocycles. The predicted molar refractivity (Wildman–Crippen MR) is 67.5 cm³/mol. The summed E-state index contributed by atoms with van der Waals surface area (Å²) in [6.07, 6.45) is 0. The van der Waals surface area contributed by atoms with Gasteiger partial charge in [-0.25, -0.2) is 4.79 Å². The molecular weight excluding hydrogens is 288 g/mol. The van der Waals surface area contributed by atoms with Crippen molar-refractivity contribution in [2.24, 2.45) is 0 Å². The second kappa shape index (κ2) is 6.24. The molecule has 0 saturated heterocycles. The van der Waals surface area contributed by atoms with E-state index in [9.17, 15) is 9.59 Å². The maximum atomic E-state index is 11.5. The first-order chi connectivity index (χ1) is 8.04. The van der Waals surface area contributed by atoms with Gasteiger partial charge in [-0.3, -0.25) is 4.79 Å². The van der Waals surface area contributed by atoms with Crippen LogP contribution in [-0.2, 0) is 9.53 Å². The minimum Gasteiger partial charge on any atom is -0.452 e. The van der Waals surface area contributed by atoms with E-state index in [1.165, 1.54) is 6.07 Å². The van der Waals surface area contributed by atoms with Crippen LogP contribution in [0.25, 0.3) is 0 Å². The zero-order valence-corrected chi connectivity index (χ0v) is 10.9. The lowest BCUT2D eigenvalue weighted by Crippen LogP contribution is -2.28. The molecule has 0 spiro atoms. The first-order valence-corrected chi connectivity index (χ1v) is 5.82. The van der Waals surface area contributed by atoms with E-state index in [0.29, 0.717) is 22.3 Å². The smallest absolute Gasteiger partial charge is 0.338 e. The van der Waals surface area contributed by atoms with Gasteiger partial charge in [0.2, 0.25) is 0 Å². The molecule has 5 nitrogen and oxygen atoms in total. The summed E-state index contributed by atoms with van der Waals surface area (Å²) < 4.78 is 5.52. The number of hydrogen-bond acceptors (Lipinski definition) is 4. The monoisotopic (exact) mass is 300 g/mol. The van der Waals surface area contributed by atoms with Gasteiger partial charge in [-0.2, -0.15) is 0 Å². The highest BCUT2D eigenvalue weighted by Crippen LogP contribution is 2.20. The van der Waals surface area contributed by atoms with Crippen LogP contribution in [0.4, 0.5) is 5.69 Å². The van der Waals surface area contributed by atoms with Crippen molar-refractivity contribution in [3.63, 3.8) is 0 Å². The lowest BCUT2D eigenvalue weighted by atomic mass is 10.2. The summed E-state index contributed by atoms with van der Waals surface area (Å²) >= 11 is 3.22. The fraction of sp³-hybridized carbons (Fsp3) is 0.273. The van der Waals surface area contributed by atoms with Crippen LogP contribution in [0.2, 0.25) is 0 Å². The molecule has 0 bridgehead atoms. The molecule has 6 heteroatoms. The molecule has 0 unspecified atom stereocenters. The van der Waals surface area contributed by atoms with Crippen LogP contribution in [0.5, 0.6) is 0 Å². The number of hydrogen-bond donors (Lipinski definition) is 2. The number of ether oxygens (including phenoxy) is 1. The average Bonchev–Trinajstić information content (AvgIpc) is 2.30. The predicted octanol–water partition coefficient (Wildman–Crippen LogP) is 1.32. The summed E-state index contributed by atoms with van der Waals surface area (Å²) in [5.74, 6) is -0.901. The number of benzene rings is 1. The van der Waals surface area contributed by atoms with Gasteiger partial charge in [0, 0.05) is 16.7 Å². The molecule has 0 fully saturated rings. The first kappa shape index (κ1) is 13.5. The van der Waals surface area contributed by atoms with Crippen LogP contribution in [0, 0.1) is 0 Å². The number of rotatable bonds is 4. The normalized spacial score (nSPS) is 9.76. The van der Waals surface area contributed by atoms with Crippen molar-refractivity contribution in [2.45, 2.75) is 6.92 Å². The van der Waals surface area contributed by atoms with Crippen LogP contribution in [0.1, 0.15) is 17.3 Å². The Balaban J connectivity index is 2.58. The van der Waals surface area contributed by atoms with E-state index < -0.39 is 5.97 Å². The van der Waals surface area contributed by atoms with Gasteiger partial charge in [0.15, 0.2) is 6.61 Å². The Labute approximate surface area is 107 Å². The van der Waals surface area contributed by atoms with E-state index in [2.05, 4.69) is 21.2 Å². The number of nitrogens with one attached hydrogen (secondary N) is 1. The van der Waals surface area contributed by atoms with E-state index in [1.54, 1.807) is 19.1 Å². The molecule has 0 atom stereocenters. The van der Waals surface area contributed by atoms with Gasteiger partial charge in [0.05, 0.1) is 5.56 Å². The van der Waals surface area contributed by atoms with Crippen molar-refractivity contribution in [2.75, 3.05) is 18.9 Å². The molecule has 3 N–H and O–H groups in total. The zero-order valence-electron chi connectivity index (χ0n) is 9.33. The fourth-order valence-electron chi connectivity index (χ4n) is 1.13. The Morgan fingerprint density at radius 1 is 1.47 bits per heavy atom. The summed E-state index contributed by atoms with van der Waals surface area (Å²) in [7, 11) is 0. The maximum absolute atomic E-state index is 11.5.